The number of aryl methyl sites for hydroxylation is 1. The van der Waals surface area contributed by atoms with E-state index in [4.69, 9.17) is 0 Å². The monoisotopic (exact) mass is 472 g/mol. The molecule has 0 aromatic carbocycles. The number of hydrogen-bond donors (Lipinski definition) is 1. The van der Waals surface area contributed by atoms with E-state index in [1.807, 2.05) is 16.2 Å². The molecular formula is C26H40N4O2S. The highest BCUT2D eigenvalue weighted by Gasteiger charge is 2.49. The number of carbonyl (C=O) groups excluding carboxylic acids is 2. The predicted octanol–water partition coefficient (Wildman–Crippen LogP) is 3.39. The summed E-state index contributed by atoms with van der Waals surface area (Å²) in [4.78, 5) is 36.2. The largest absolute Gasteiger partial charge is 0.348 e. The molecule has 1 aliphatic carbocycles. The normalized spacial score (nSPS) is 28.9. The fraction of sp³-hybridized carbons (Fsp3) is 0.769. The van der Waals surface area contributed by atoms with Gasteiger partial charge in [-0.25, -0.2) is 0 Å². The molecular weight excluding hydrogens is 432 g/mol. The first-order chi connectivity index (χ1) is 15.9. The molecule has 1 aromatic heterocycles. The number of nitrogens with one attached hydrogen (secondary N) is 1. The van der Waals surface area contributed by atoms with E-state index >= 15 is 0 Å². The molecule has 4 heterocycles. The van der Waals surface area contributed by atoms with Crippen LogP contribution in [0.2, 0.25) is 0 Å². The quantitative estimate of drug-likeness (QED) is 0.714. The number of rotatable bonds is 5. The predicted molar refractivity (Wildman–Crippen MR) is 132 cm³/mol. The average molecular weight is 473 g/mol. The van der Waals surface area contributed by atoms with Crippen LogP contribution in [0.5, 0.6) is 0 Å². The minimum Gasteiger partial charge on any atom is -0.348 e. The summed E-state index contributed by atoms with van der Waals surface area (Å²) in [5.74, 6) is 1.03. The molecule has 182 valence electrons. The number of likely N-dealkylation sites (N-methyl/N-ethyl adjacent to an activating group) is 1. The third-order valence-electron chi connectivity index (χ3n) is 8.66. The van der Waals surface area contributed by atoms with Crippen LogP contribution in [0, 0.1) is 12.8 Å². The van der Waals surface area contributed by atoms with E-state index in [9.17, 15) is 9.59 Å². The van der Waals surface area contributed by atoms with Crippen LogP contribution in [0.15, 0.2) is 12.1 Å². The van der Waals surface area contributed by atoms with Crippen LogP contribution in [0.3, 0.4) is 0 Å². The summed E-state index contributed by atoms with van der Waals surface area (Å²) in [6.07, 6.45) is 9.70. The van der Waals surface area contributed by atoms with Crippen LogP contribution in [0.4, 0.5) is 0 Å². The summed E-state index contributed by atoms with van der Waals surface area (Å²) in [6, 6.07) is 4.42. The van der Waals surface area contributed by atoms with Gasteiger partial charge in [0.1, 0.15) is 6.04 Å². The summed E-state index contributed by atoms with van der Waals surface area (Å²) >= 11 is 1.86. The maximum atomic E-state index is 13.4. The number of fused-ring (bicyclic) bond motifs is 1. The van der Waals surface area contributed by atoms with Crippen molar-refractivity contribution in [3.63, 3.8) is 0 Å². The lowest BCUT2D eigenvalue weighted by atomic mass is 9.84. The van der Waals surface area contributed by atoms with Gasteiger partial charge in [-0.15, -0.1) is 11.3 Å². The Bertz CT molecular complexity index is 828. The molecule has 0 unspecified atom stereocenters. The zero-order valence-corrected chi connectivity index (χ0v) is 21.2. The van der Waals surface area contributed by atoms with Gasteiger partial charge in [-0.1, -0.05) is 19.3 Å². The topological polar surface area (TPSA) is 55.9 Å². The first-order valence-corrected chi connectivity index (χ1v) is 13.8. The van der Waals surface area contributed by atoms with Gasteiger partial charge in [-0.2, -0.15) is 0 Å². The highest BCUT2D eigenvalue weighted by atomic mass is 32.1. The highest BCUT2D eigenvalue weighted by molar-refractivity contribution is 7.11. The van der Waals surface area contributed by atoms with Gasteiger partial charge in [0.2, 0.25) is 11.8 Å². The van der Waals surface area contributed by atoms with Crippen molar-refractivity contribution in [3.8, 4) is 0 Å². The maximum absolute atomic E-state index is 13.4. The van der Waals surface area contributed by atoms with Gasteiger partial charge in [-0.3, -0.25) is 14.5 Å². The Balaban J connectivity index is 1.17. The molecule has 1 saturated carbocycles. The molecule has 3 aliphatic heterocycles. The summed E-state index contributed by atoms with van der Waals surface area (Å²) in [5.41, 5.74) is -0.357. The van der Waals surface area contributed by atoms with Crippen molar-refractivity contribution in [3.05, 3.63) is 21.9 Å². The average Bonchev–Trinajstić information content (AvgIpc) is 3.41. The third kappa shape index (κ3) is 5.15. The number of thiophene rings is 1. The smallest absolute Gasteiger partial charge is 0.243 e. The number of hydrogen-bond acceptors (Lipinski definition) is 5. The maximum Gasteiger partial charge on any atom is 0.243 e. The Labute approximate surface area is 202 Å². The summed E-state index contributed by atoms with van der Waals surface area (Å²) in [6.45, 7) is 6.80. The Morgan fingerprint density at radius 3 is 2.61 bits per heavy atom. The van der Waals surface area contributed by atoms with Gasteiger partial charge in [0, 0.05) is 48.5 Å². The van der Waals surface area contributed by atoms with Crippen LogP contribution in [-0.2, 0) is 16.1 Å². The van der Waals surface area contributed by atoms with Gasteiger partial charge >= 0.3 is 0 Å². The van der Waals surface area contributed by atoms with Gasteiger partial charge < -0.3 is 15.1 Å². The SMILES string of the molecule is Cc1ccc(CN2CCC3(CC2)CC(=O)N2C[C@@H](N(C)CC4CCCCC4)C[C@H]2C(=O)N3)s1. The molecule has 0 radical (unpaired) electrons. The molecule has 7 heteroatoms. The molecule has 4 fully saturated rings. The van der Waals surface area contributed by atoms with Crippen molar-refractivity contribution in [2.45, 2.75) is 88.9 Å². The lowest BCUT2D eigenvalue weighted by Gasteiger charge is -2.41. The molecule has 33 heavy (non-hydrogen) atoms. The van der Waals surface area contributed by atoms with Crippen LogP contribution in [0.1, 0.15) is 67.5 Å². The zero-order valence-electron chi connectivity index (χ0n) is 20.4. The van der Waals surface area contributed by atoms with Crippen molar-refractivity contribution in [1.82, 2.24) is 20.0 Å². The number of piperidine rings is 1. The Morgan fingerprint density at radius 2 is 1.91 bits per heavy atom. The fourth-order valence-electron chi connectivity index (χ4n) is 6.59. The standard InChI is InChI=1S/C26H40N4O2S/c1-19-8-9-22(33-19)18-29-12-10-26(11-13-29)15-24(31)30-17-21(14-23(30)25(32)27-26)28(2)16-20-6-4-3-5-7-20/h8-9,20-21,23H,3-7,10-18H2,1-2H3,(H,27,32)/t21-,23-/m0/s1. The highest BCUT2D eigenvalue weighted by Crippen LogP contribution is 2.34. The second-order valence-electron chi connectivity index (χ2n) is 11.1. The zero-order chi connectivity index (χ0) is 23.0. The molecule has 4 aliphatic rings. The molecule has 2 atom stereocenters. The first kappa shape index (κ1) is 23.3. The Hall–Kier alpha value is -1.44. The summed E-state index contributed by atoms with van der Waals surface area (Å²) in [5, 5.41) is 3.38. The van der Waals surface area contributed by atoms with E-state index in [0.717, 1.165) is 51.4 Å². The Morgan fingerprint density at radius 1 is 1.15 bits per heavy atom. The van der Waals surface area contributed by atoms with Crippen LogP contribution in [0.25, 0.3) is 0 Å². The lowest BCUT2D eigenvalue weighted by molar-refractivity contribution is -0.135. The number of likely N-dealkylation sites (tertiary alicyclic amines) is 1. The molecule has 6 nitrogen and oxygen atoms in total. The molecule has 3 saturated heterocycles. The minimum absolute atomic E-state index is 0.0803. The van der Waals surface area contributed by atoms with Crippen molar-refractivity contribution in [2.24, 2.45) is 5.92 Å². The summed E-state index contributed by atoms with van der Waals surface area (Å²) < 4.78 is 0. The van der Waals surface area contributed by atoms with E-state index in [-0.39, 0.29) is 23.4 Å². The third-order valence-corrected chi connectivity index (χ3v) is 9.65. The molecule has 1 N–H and O–H groups in total. The number of amides is 2. The second kappa shape index (κ2) is 9.67. The van der Waals surface area contributed by atoms with E-state index in [1.165, 1.54) is 41.9 Å². The van der Waals surface area contributed by atoms with Gasteiger partial charge in [0.15, 0.2) is 0 Å². The number of carbonyl (C=O) groups is 2. The van der Waals surface area contributed by atoms with E-state index in [2.05, 4.69) is 41.2 Å². The minimum atomic E-state index is -0.357. The fourth-order valence-corrected chi connectivity index (χ4v) is 7.53. The molecule has 1 aromatic rings. The molecule has 1 spiro atoms. The van der Waals surface area contributed by atoms with E-state index < -0.39 is 0 Å². The Kier molecular flexibility index (Phi) is 6.83. The first-order valence-electron chi connectivity index (χ1n) is 13.0. The van der Waals surface area contributed by atoms with Crippen molar-refractivity contribution in [2.75, 3.05) is 33.2 Å². The van der Waals surface area contributed by atoms with Crippen molar-refractivity contribution >= 4 is 23.2 Å². The van der Waals surface area contributed by atoms with Crippen molar-refractivity contribution in [1.29, 1.82) is 0 Å². The van der Waals surface area contributed by atoms with Crippen LogP contribution < -0.4 is 5.32 Å². The van der Waals surface area contributed by atoms with Crippen molar-refractivity contribution < 1.29 is 9.59 Å². The van der Waals surface area contributed by atoms with Crippen LogP contribution >= 0.6 is 11.3 Å². The van der Waals surface area contributed by atoms with Gasteiger partial charge in [0.25, 0.3) is 0 Å². The number of nitrogens with zero attached hydrogens (tertiary/aromatic N) is 3. The molecule has 0 bridgehead atoms. The van der Waals surface area contributed by atoms with E-state index in [1.54, 1.807) is 0 Å². The van der Waals surface area contributed by atoms with Gasteiger partial charge in [0.05, 0.1) is 12.0 Å². The van der Waals surface area contributed by atoms with Crippen LogP contribution in [-0.4, -0.2) is 77.4 Å². The lowest BCUT2D eigenvalue weighted by Crippen LogP contribution is -2.56. The molecule has 2 amide bonds. The summed E-state index contributed by atoms with van der Waals surface area (Å²) in [7, 11) is 2.19. The molecule has 5 rings (SSSR count). The van der Waals surface area contributed by atoms with Gasteiger partial charge in [-0.05, 0) is 64.1 Å². The second-order valence-corrected chi connectivity index (χ2v) is 12.5. The van der Waals surface area contributed by atoms with E-state index in [0.29, 0.717) is 19.0 Å².